The number of rotatable bonds is 8. The molecule has 1 aliphatic rings. The molecule has 1 heterocycles. The van der Waals surface area contributed by atoms with Crippen molar-refractivity contribution in [2.24, 2.45) is 5.92 Å². The third-order valence-electron chi connectivity index (χ3n) is 3.98. The number of nitrogens with zero attached hydrogens (tertiary/aromatic N) is 2. The third kappa shape index (κ3) is 4.81. The molecule has 0 amide bonds. The van der Waals surface area contributed by atoms with Crippen LogP contribution in [0, 0.1) is 5.92 Å². The van der Waals surface area contributed by atoms with E-state index in [0.717, 1.165) is 24.7 Å². The zero-order valence-corrected chi connectivity index (χ0v) is 12.7. The number of hydrogen-bond donors (Lipinski definition) is 1. The van der Waals surface area contributed by atoms with Crippen LogP contribution in [0.1, 0.15) is 57.2 Å². The van der Waals surface area contributed by atoms with Gasteiger partial charge in [-0.2, -0.15) is 5.10 Å². The van der Waals surface area contributed by atoms with Gasteiger partial charge in [0.1, 0.15) is 0 Å². The number of hydrogen-bond acceptors (Lipinski definition) is 2. The van der Waals surface area contributed by atoms with Crippen LogP contribution in [0.15, 0.2) is 12.3 Å². The first-order valence-corrected chi connectivity index (χ1v) is 8.13. The molecule has 0 radical (unpaired) electrons. The molecule has 3 nitrogen and oxygen atoms in total. The van der Waals surface area contributed by atoms with Gasteiger partial charge in [0.25, 0.3) is 0 Å². The van der Waals surface area contributed by atoms with E-state index >= 15 is 0 Å². The maximum Gasteiger partial charge on any atom is 0.0762 e. The third-order valence-corrected chi connectivity index (χ3v) is 4.51. The lowest BCUT2D eigenvalue weighted by atomic mass is 10.1. The average Bonchev–Trinajstić information content (AvgIpc) is 3.08. The topological polar surface area (TPSA) is 29.9 Å². The smallest absolute Gasteiger partial charge is 0.0762 e. The van der Waals surface area contributed by atoms with Crippen molar-refractivity contribution in [3.63, 3.8) is 0 Å². The maximum atomic E-state index is 5.79. The summed E-state index contributed by atoms with van der Waals surface area (Å²) < 4.78 is 2.17. The molecular formula is C15H26ClN3. The predicted molar refractivity (Wildman–Crippen MR) is 80.6 cm³/mol. The molecule has 1 aliphatic carbocycles. The highest BCUT2D eigenvalue weighted by atomic mass is 35.5. The Labute approximate surface area is 121 Å². The van der Waals surface area contributed by atoms with Crippen molar-refractivity contribution in [3.8, 4) is 0 Å². The highest BCUT2D eigenvalue weighted by Crippen LogP contribution is 2.28. The minimum atomic E-state index is 0.630. The van der Waals surface area contributed by atoms with Crippen LogP contribution in [-0.4, -0.2) is 22.2 Å². The number of aromatic nitrogens is 2. The summed E-state index contributed by atoms with van der Waals surface area (Å²) in [6.45, 7) is 4.14. The Balaban J connectivity index is 1.63. The van der Waals surface area contributed by atoms with Crippen LogP contribution in [0.4, 0.5) is 0 Å². The van der Waals surface area contributed by atoms with Gasteiger partial charge >= 0.3 is 0 Å². The molecule has 0 aliphatic heterocycles. The number of halogens is 1. The summed E-state index contributed by atoms with van der Waals surface area (Å²) in [6.07, 6.45) is 9.84. The molecule has 19 heavy (non-hydrogen) atoms. The second kappa shape index (κ2) is 7.91. The van der Waals surface area contributed by atoms with Crippen molar-refractivity contribution < 1.29 is 0 Å². The predicted octanol–water partition coefficient (Wildman–Crippen LogP) is 3.74. The lowest BCUT2D eigenvalue weighted by Crippen LogP contribution is -2.16. The van der Waals surface area contributed by atoms with Gasteiger partial charge in [-0.1, -0.05) is 19.8 Å². The Bertz CT molecular complexity index is 358. The standard InChI is InChI=1S/C15H26ClN3/c1-13(11-16)5-4-9-17-12-14-8-10-19(18-14)15-6-2-3-7-15/h8,10,13,15,17H,2-7,9,11-12H2,1H3. The Kier molecular flexibility index (Phi) is 6.18. The zero-order chi connectivity index (χ0) is 13.5. The van der Waals surface area contributed by atoms with E-state index < -0.39 is 0 Å². The van der Waals surface area contributed by atoms with Gasteiger partial charge in [0.05, 0.1) is 11.7 Å². The lowest BCUT2D eigenvalue weighted by molar-refractivity contribution is 0.459. The summed E-state index contributed by atoms with van der Waals surface area (Å²) in [4.78, 5) is 0. The van der Waals surface area contributed by atoms with E-state index in [1.54, 1.807) is 0 Å². The Morgan fingerprint density at radius 2 is 2.26 bits per heavy atom. The zero-order valence-electron chi connectivity index (χ0n) is 11.9. The van der Waals surface area contributed by atoms with E-state index in [2.05, 4.69) is 34.3 Å². The maximum absolute atomic E-state index is 5.79. The van der Waals surface area contributed by atoms with Gasteiger partial charge in [-0.3, -0.25) is 4.68 Å². The van der Waals surface area contributed by atoms with Crippen molar-refractivity contribution >= 4 is 11.6 Å². The van der Waals surface area contributed by atoms with Crippen LogP contribution >= 0.6 is 11.6 Å². The van der Waals surface area contributed by atoms with E-state index in [9.17, 15) is 0 Å². The van der Waals surface area contributed by atoms with Gasteiger partial charge in [-0.25, -0.2) is 0 Å². The van der Waals surface area contributed by atoms with Crippen molar-refractivity contribution in [3.05, 3.63) is 18.0 Å². The molecular weight excluding hydrogens is 258 g/mol. The largest absolute Gasteiger partial charge is 0.311 e. The molecule has 1 saturated carbocycles. The average molecular weight is 284 g/mol. The van der Waals surface area contributed by atoms with Crippen molar-refractivity contribution in [2.75, 3.05) is 12.4 Å². The van der Waals surface area contributed by atoms with Crippen LogP contribution in [0.25, 0.3) is 0 Å². The van der Waals surface area contributed by atoms with Crippen molar-refractivity contribution in [1.29, 1.82) is 0 Å². The Morgan fingerprint density at radius 3 is 3.00 bits per heavy atom. The second-order valence-electron chi connectivity index (χ2n) is 5.80. The summed E-state index contributed by atoms with van der Waals surface area (Å²) in [5, 5.41) is 8.14. The van der Waals surface area contributed by atoms with Gasteiger partial charge < -0.3 is 5.32 Å². The summed E-state index contributed by atoms with van der Waals surface area (Å²) in [7, 11) is 0. The first kappa shape index (κ1) is 14.9. The molecule has 1 aromatic heterocycles. The molecule has 108 valence electrons. The van der Waals surface area contributed by atoms with Crippen molar-refractivity contribution in [1.82, 2.24) is 15.1 Å². The van der Waals surface area contributed by atoms with Gasteiger partial charge in [0, 0.05) is 18.6 Å². The molecule has 1 unspecified atom stereocenters. The van der Waals surface area contributed by atoms with Crippen molar-refractivity contribution in [2.45, 2.75) is 58.0 Å². The number of nitrogens with one attached hydrogen (secondary N) is 1. The molecule has 1 N–H and O–H groups in total. The molecule has 2 rings (SSSR count). The molecule has 0 bridgehead atoms. The van der Waals surface area contributed by atoms with E-state index in [1.807, 2.05) is 0 Å². The van der Waals surface area contributed by atoms with Gasteiger partial charge in [-0.15, -0.1) is 11.6 Å². The fourth-order valence-electron chi connectivity index (χ4n) is 2.71. The van der Waals surface area contributed by atoms with Crippen LogP contribution in [-0.2, 0) is 6.54 Å². The fraction of sp³-hybridized carbons (Fsp3) is 0.800. The summed E-state index contributed by atoms with van der Waals surface area (Å²) in [6, 6.07) is 2.80. The van der Waals surface area contributed by atoms with Crippen LogP contribution in [0.2, 0.25) is 0 Å². The molecule has 1 aromatic rings. The minimum Gasteiger partial charge on any atom is -0.311 e. The lowest BCUT2D eigenvalue weighted by Gasteiger charge is -2.09. The molecule has 1 fully saturated rings. The van der Waals surface area contributed by atoms with Gasteiger partial charge in [0.15, 0.2) is 0 Å². The SMILES string of the molecule is CC(CCl)CCCNCc1ccn(C2CCCC2)n1. The van der Waals surface area contributed by atoms with E-state index in [-0.39, 0.29) is 0 Å². The normalized spacial score (nSPS) is 18.0. The first-order chi connectivity index (χ1) is 9.29. The summed E-state index contributed by atoms with van der Waals surface area (Å²) in [5.74, 6) is 1.40. The molecule has 0 saturated heterocycles. The Hall–Kier alpha value is -0.540. The minimum absolute atomic E-state index is 0.630. The van der Waals surface area contributed by atoms with Gasteiger partial charge in [-0.05, 0) is 44.2 Å². The number of alkyl halides is 1. The quantitative estimate of drug-likeness (QED) is 0.582. The van der Waals surface area contributed by atoms with Crippen LogP contribution < -0.4 is 5.32 Å². The highest BCUT2D eigenvalue weighted by Gasteiger charge is 2.17. The second-order valence-corrected chi connectivity index (χ2v) is 6.11. The first-order valence-electron chi connectivity index (χ1n) is 7.60. The highest BCUT2D eigenvalue weighted by molar-refractivity contribution is 6.18. The molecule has 4 heteroatoms. The molecule has 0 aromatic carbocycles. The van der Waals surface area contributed by atoms with Crippen LogP contribution in [0.5, 0.6) is 0 Å². The summed E-state index contributed by atoms with van der Waals surface area (Å²) >= 11 is 5.79. The molecule has 1 atom stereocenters. The van der Waals surface area contributed by atoms with Gasteiger partial charge in [0.2, 0.25) is 0 Å². The summed E-state index contributed by atoms with van der Waals surface area (Å²) in [5.41, 5.74) is 1.16. The molecule has 0 spiro atoms. The Morgan fingerprint density at radius 1 is 1.47 bits per heavy atom. The van der Waals surface area contributed by atoms with E-state index in [1.165, 1.54) is 38.5 Å². The van der Waals surface area contributed by atoms with E-state index in [4.69, 9.17) is 11.6 Å². The van der Waals surface area contributed by atoms with Crippen LogP contribution in [0.3, 0.4) is 0 Å². The van der Waals surface area contributed by atoms with E-state index in [0.29, 0.717) is 12.0 Å². The fourth-order valence-corrected chi connectivity index (χ4v) is 2.87. The monoisotopic (exact) mass is 283 g/mol.